The molecule has 0 bridgehead atoms. The van der Waals surface area contributed by atoms with Crippen LogP contribution in [0.15, 0.2) is 115 Å². The van der Waals surface area contributed by atoms with Gasteiger partial charge in [0.1, 0.15) is 5.69 Å². The Hall–Kier alpha value is -4.54. The molecule has 0 fully saturated rings. The Morgan fingerprint density at radius 1 is 0.638 bits per heavy atom. The standard InChI is InChI=1S/C43H49N3O/c1-42(2,3)37-19-14-31(15-20-37)34-25-35(32-16-21-38(22-17-32)43(4,5)6)27-36(26-34)33-18-23-40(44-28-33)41(47)45-39(29-46(7)8)24-30-12-10-9-11-13-30/h9-23,25-28,39H,24,29H2,1-8H3,(H,45,47)/t39-/m0/s1. The van der Waals surface area contributed by atoms with Crippen molar-refractivity contribution in [1.29, 1.82) is 0 Å². The van der Waals surface area contributed by atoms with Crippen molar-refractivity contribution < 1.29 is 4.79 Å². The number of benzene rings is 4. The van der Waals surface area contributed by atoms with E-state index in [0.29, 0.717) is 5.69 Å². The van der Waals surface area contributed by atoms with Crippen LogP contribution >= 0.6 is 0 Å². The summed E-state index contributed by atoms with van der Waals surface area (Å²) in [6, 6.07) is 38.6. The van der Waals surface area contributed by atoms with E-state index in [-0.39, 0.29) is 22.8 Å². The second-order valence-corrected chi connectivity index (χ2v) is 15.0. The van der Waals surface area contributed by atoms with E-state index in [1.54, 1.807) is 0 Å². The number of nitrogens with zero attached hydrogens (tertiary/aromatic N) is 2. The van der Waals surface area contributed by atoms with Crippen molar-refractivity contribution in [1.82, 2.24) is 15.2 Å². The Morgan fingerprint density at radius 3 is 1.53 bits per heavy atom. The Labute approximate surface area is 281 Å². The molecule has 1 atom stereocenters. The fourth-order valence-corrected chi connectivity index (χ4v) is 5.91. The quantitative estimate of drug-likeness (QED) is 0.178. The molecular weight excluding hydrogens is 574 g/mol. The van der Waals surface area contributed by atoms with Crippen LogP contribution in [0.2, 0.25) is 0 Å². The highest BCUT2D eigenvalue weighted by Gasteiger charge is 2.18. The van der Waals surface area contributed by atoms with Crippen molar-refractivity contribution in [3.8, 4) is 33.4 Å². The first-order valence-electron chi connectivity index (χ1n) is 16.6. The zero-order chi connectivity index (χ0) is 33.8. The fourth-order valence-electron chi connectivity index (χ4n) is 5.91. The van der Waals surface area contributed by atoms with Gasteiger partial charge in [-0.2, -0.15) is 0 Å². The molecule has 4 heteroatoms. The van der Waals surface area contributed by atoms with E-state index in [1.165, 1.54) is 27.8 Å². The zero-order valence-electron chi connectivity index (χ0n) is 29.3. The van der Waals surface area contributed by atoms with E-state index in [4.69, 9.17) is 0 Å². The molecule has 0 aliphatic rings. The molecule has 4 aromatic carbocycles. The van der Waals surface area contributed by atoms with Crippen molar-refractivity contribution in [3.63, 3.8) is 0 Å². The number of nitrogens with one attached hydrogen (secondary N) is 1. The maximum Gasteiger partial charge on any atom is 0.270 e. The molecule has 4 nitrogen and oxygen atoms in total. The molecule has 0 radical (unpaired) electrons. The van der Waals surface area contributed by atoms with E-state index in [9.17, 15) is 4.79 Å². The number of pyridine rings is 1. The summed E-state index contributed by atoms with van der Waals surface area (Å²) in [5, 5.41) is 3.22. The first-order valence-corrected chi connectivity index (χ1v) is 16.6. The lowest BCUT2D eigenvalue weighted by molar-refractivity contribution is 0.0925. The number of hydrogen-bond acceptors (Lipinski definition) is 3. The molecule has 0 aliphatic heterocycles. The minimum Gasteiger partial charge on any atom is -0.346 e. The van der Waals surface area contributed by atoms with Crippen LogP contribution in [0, 0.1) is 0 Å². The Morgan fingerprint density at radius 2 is 1.11 bits per heavy atom. The molecule has 0 spiro atoms. The Balaban J connectivity index is 1.46. The molecule has 47 heavy (non-hydrogen) atoms. The van der Waals surface area contributed by atoms with Crippen LogP contribution in [0.25, 0.3) is 33.4 Å². The van der Waals surface area contributed by atoms with Crippen LogP contribution in [0.5, 0.6) is 0 Å². The Kier molecular flexibility index (Phi) is 10.1. The van der Waals surface area contributed by atoms with E-state index in [0.717, 1.165) is 35.2 Å². The summed E-state index contributed by atoms with van der Waals surface area (Å²) in [6.45, 7) is 14.2. The molecule has 0 unspecified atom stereocenters. The third kappa shape index (κ3) is 8.84. The smallest absolute Gasteiger partial charge is 0.270 e. The molecule has 1 aromatic heterocycles. The number of rotatable bonds is 9. The van der Waals surface area contributed by atoms with Crippen LogP contribution in [0.1, 0.15) is 68.7 Å². The molecule has 0 saturated carbocycles. The van der Waals surface area contributed by atoms with Gasteiger partial charge < -0.3 is 10.2 Å². The van der Waals surface area contributed by atoms with E-state index >= 15 is 0 Å². The molecule has 1 N–H and O–H groups in total. The number of likely N-dealkylation sites (N-methyl/N-ethyl adjacent to an activating group) is 1. The number of aromatic nitrogens is 1. The lowest BCUT2D eigenvalue weighted by atomic mass is 9.85. The van der Waals surface area contributed by atoms with Gasteiger partial charge in [-0.05, 0) is 100 Å². The zero-order valence-corrected chi connectivity index (χ0v) is 29.3. The summed E-state index contributed by atoms with van der Waals surface area (Å²) in [5.74, 6) is -0.161. The second-order valence-electron chi connectivity index (χ2n) is 15.0. The normalized spacial score (nSPS) is 12.6. The van der Waals surface area contributed by atoms with Crippen molar-refractivity contribution in [2.24, 2.45) is 0 Å². The monoisotopic (exact) mass is 623 g/mol. The number of amides is 1. The minimum absolute atomic E-state index is 0.0324. The average Bonchev–Trinajstić information content (AvgIpc) is 3.04. The van der Waals surface area contributed by atoms with Crippen LogP contribution < -0.4 is 5.32 Å². The van der Waals surface area contributed by atoms with Crippen LogP contribution in [0.4, 0.5) is 0 Å². The molecule has 5 rings (SSSR count). The first kappa shape index (κ1) is 33.8. The maximum atomic E-state index is 13.4. The lowest BCUT2D eigenvalue weighted by Gasteiger charge is -2.22. The molecular formula is C43H49N3O. The first-order chi connectivity index (χ1) is 22.3. The van der Waals surface area contributed by atoms with Crippen LogP contribution in [0.3, 0.4) is 0 Å². The van der Waals surface area contributed by atoms with Gasteiger partial charge in [0.2, 0.25) is 0 Å². The number of carbonyl (C=O) groups is 1. The van der Waals surface area contributed by atoms with Gasteiger partial charge in [-0.15, -0.1) is 0 Å². The highest BCUT2D eigenvalue weighted by molar-refractivity contribution is 5.93. The third-order valence-electron chi connectivity index (χ3n) is 8.68. The van der Waals surface area contributed by atoms with Gasteiger partial charge in [-0.3, -0.25) is 9.78 Å². The van der Waals surface area contributed by atoms with E-state index < -0.39 is 0 Å². The van der Waals surface area contributed by atoms with Crippen molar-refractivity contribution in [2.75, 3.05) is 20.6 Å². The van der Waals surface area contributed by atoms with Gasteiger partial charge in [0, 0.05) is 24.3 Å². The van der Waals surface area contributed by atoms with Gasteiger partial charge in [0.25, 0.3) is 5.91 Å². The van der Waals surface area contributed by atoms with E-state index in [2.05, 4.69) is 136 Å². The summed E-state index contributed by atoms with van der Waals surface area (Å²) < 4.78 is 0. The molecule has 0 aliphatic carbocycles. The van der Waals surface area contributed by atoms with Crippen molar-refractivity contribution >= 4 is 5.91 Å². The largest absolute Gasteiger partial charge is 0.346 e. The van der Waals surface area contributed by atoms with Crippen LogP contribution in [-0.4, -0.2) is 42.5 Å². The van der Waals surface area contributed by atoms with Crippen molar-refractivity contribution in [3.05, 3.63) is 138 Å². The molecule has 0 saturated heterocycles. The SMILES string of the molecule is CN(C)C[C@H](Cc1ccccc1)NC(=O)c1ccc(-c2cc(-c3ccc(C(C)(C)C)cc3)cc(-c3ccc(C(C)(C)C)cc3)c2)cn1. The predicted molar refractivity (Wildman–Crippen MR) is 198 cm³/mol. The lowest BCUT2D eigenvalue weighted by Crippen LogP contribution is -2.43. The summed E-state index contributed by atoms with van der Waals surface area (Å²) in [5.41, 5.74) is 11.1. The fraction of sp³-hybridized carbons (Fsp3) is 0.302. The Bertz CT molecular complexity index is 1700. The summed E-state index contributed by atoms with van der Waals surface area (Å²) in [6.07, 6.45) is 2.58. The summed E-state index contributed by atoms with van der Waals surface area (Å²) in [4.78, 5) is 20.1. The van der Waals surface area contributed by atoms with Gasteiger partial charge in [-0.1, -0.05) is 126 Å². The maximum absolute atomic E-state index is 13.4. The average molecular weight is 624 g/mol. The van der Waals surface area contributed by atoms with Gasteiger partial charge in [0.05, 0.1) is 0 Å². The topological polar surface area (TPSA) is 45.2 Å². The molecule has 1 amide bonds. The molecule has 242 valence electrons. The predicted octanol–water partition coefficient (Wildman–Crippen LogP) is 9.58. The molecule has 5 aromatic rings. The highest BCUT2D eigenvalue weighted by Crippen LogP contribution is 2.35. The van der Waals surface area contributed by atoms with E-state index in [1.807, 2.05) is 50.6 Å². The summed E-state index contributed by atoms with van der Waals surface area (Å²) in [7, 11) is 4.05. The number of hydrogen-bond donors (Lipinski definition) is 1. The van der Waals surface area contributed by atoms with Crippen LogP contribution in [-0.2, 0) is 17.3 Å². The second kappa shape index (κ2) is 14.1. The van der Waals surface area contributed by atoms with Gasteiger partial charge >= 0.3 is 0 Å². The highest BCUT2D eigenvalue weighted by atomic mass is 16.1. The minimum atomic E-state index is -0.161. The number of carbonyl (C=O) groups excluding carboxylic acids is 1. The van der Waals surface area contributed by atoms with Crippen molar-refractivity contribution in [2.45, 2.75) is 64.8 Å². The van der Waals surface area contributed by atoms with Gasteiger partial charge in [-0.25, -0.2) is 0 Å². The summed E-state index contributed by atoms with van der Waals surface area (Å²) >= 11 is 0. The third-order valence-corrected chi connectivity index (χ3v) is 8.68. The molecule has 1 heterocycles. The van der Waals surface area contributed by atoms with Gasteiger partial charge in [0.15, 0.2) is 0 Å².